The number of imide groups is 1. The predicted octanol–water partition coefficient (Wildman–Crippen LogP) is -1.03. The highest BCUT2D eigenvalue weighted by Gasteiger charge is 2.34. The third kappa shape index (κ3) is 3.16. The summed E-state index contributed by atoms with van der Waals surface area (Å²) in [6.45, 7) is 4.03. The van der Waals surface area contributed by atoms with Crippen molar-refractivity contribution >= 4 is 17.7 Å². The molecule has 0 spiro atoms. The van der Waals surface area contributed by atoms with Gasteiger partial charge in [-0.25, -0.2) is 0 Å². The number of hydrogen-bond acceptors (Lipinski definition) is 5. The van der Waals surface area contributed by atoms with Crippen LogP contribution in [0, 0.1) is 0 Å². The minimum atomic E-state index is -0.460. The first kappa shape index (κ1) is 14.9. The monoisotopic (exact) mass is 283 g/mol. The molecule has 2 heterocycles. The summed E-state index contributed by atoms with van der Waals surface area (Å²) in [5, 5.41) is 3.04. The van der Waals surface area contributed by atoms with Crippen molar-refractivity contribution in [1.29, 1.82) is 0 Å². The fourth-order valence-corrected chi connectivity index (χ4v) is 2.50. The molecule has 20 heavy (non-hydrogen) atoms. The van der Waals surface area contributed by atoms with Crippen molar-refractivity contribution < 1.29 is 19.1 Å². The van der Waals surface area contributed by atoms with Crippen molar-refractivity contribution in [3.8, 4) is 0 Å². The number of likely N-dealkylation sites (N-methyl/N-ethyl adjacent to an activating group) is 1. The molecule has 0 bridgehead atoms. The standard InChI is InChI=1S/C13H21N3O4/c1-9(12(18)16-5-7-20-8-6-16)14-10-3-4-11(17)15(2)13(10)19/h9-10,14H,3-8H2,1-2H3. The second-order valence-corrected chi connectivity index (χ2v) is 5.21. The molecule has 0 aromatic rings. The minimum Gasteiger partial charge on any atom is -0.378 e. The number of amides is 3. The van der Waals surface area contributed by atoms with Crippen molar-refractivity contribution in [3.05, 3.63) is 0 Å². The number of likely N-dealkylation sites (tertiary alicyclic amines) is 1. The molecule has 7 heteroatoms. The van der Waals surface area contributed by atoms with Gasteiger partial charge in [0.1, 0.15) is 0 Å². The molecule has 2 fully saturated rings. The van der Waals surface area contributed by atoms with Crippen LogP contribution in [-0.4, -0.2) is 73.0 Å². The summed E-state index contributed by atoms with van der Waals surface area (Å²) in [5.41, 5.74) is 0. The molecule has 1 N–H and O–H groups in total. The molecule has 2 unspecified atom stereocenters. The summed E-state index contributed by atoms with van der Waals surface area (Å²) < 4.78 is 5.21. The van der Waals surface area contributed by atoms with Gasteiger partial charge in [-0.1, -0.05) is 0 Å². The first-order chi connectivity index (χ1) is 9.50. The third-order valence-corrected chi connectivity index (χ3v) is 3.79. The van der Waals surface area contributed by atoms with Crippen LogP contribution >= 0.6 is 0 Å². The van der Waals surface area contributed by atoms with E-state index in [0.29, 0.717) is 39.1 Å². The number of nitrogens with zero attached hydrogens (tertiary/aromatic N) is 2. The van der Waals surface area contributed by atoms with E-state index in [1.165, 1.54) is 7.05 Å². The number of nitrogens with one attached hydrogen (secondary N) is 1. The fraction of sp³-hybridized carbons (Fsp3) is 0.769. The first-order valence-corrected chi connectivity index (χ1v) is 6.93. The van der Waals surface area contributed by atoms with Crippen LogP contribution in [0.5, 0.6) is 0 Å². The quantitative estimate of drug-likeness (QED) is 0.670. The van der Waals surface area contributed by atoms with Crippen LogP contribution in [0.4, 0.5) is 0 Å². The van der Waals surface area contributed by atoms with Crippen molar-refractivity contribution in [1.82, 2.24) is 15.1 Å². The molecule has 0 aromatic carbocycles. The van der Waals surface area contributed by atoms with E-state index in [0.717, 1.165) is 4.90 Å². The third-order valence-electron chi connectivity index (χ3n) is 3.79. The van der Waals surface area contributed by atoms with Gasteiger partial charge >= 0.3 is 0 Å². The first-order valence-electron chi connectivity index (χ1n) is 6.93. The fourth-order valence-electron chi connectivity index (χ4n) is 2.50. The molecule has 0 saturated carbocycles. The second kappa shape index (κ2) is 6.32. The average Bonchev–Trinajstić information content (AvgIpc) is 2.48. The van der Waals surface area contributed by atoms with Crippen LogP contribution in [0.2, 0.25) is 0 Å². The molecule has 2 rings (SSSR count). The second-order valence-electron chi connectivity index (χ2n) is 5.21. The average molecular weight is 283 g/mol. The topological polar surface area (TPSA) is 79.0 Å². The van der Waals surface area contributed by atoms with Crippen molar-refractivity contribution in [2.45, 2.75) is 31.8 Å². The number of carbonyl (C=O) groups is 3. The zero-order chi connectivity index (χ0) is 14.7. The number of morpholine rings is 1. The largest absolute Gasteiger partial charge is 0.378 e. The summed E-state index contributed by atoms with van der Waals surface area (Å²) in [6.07, 6.45) is 0.779. The Balaban J connectivity index is 1.90. The summed E-state index contributed by atoms with van der Waals surface area (Å²) in [5.74, 6) is -0.455. The Morgan fingerprint density at radius 1 is 1.35 bits per heavy atom. The van der Waals surface area contributed by atoms with Crippen LogP contribution in [-0.2, 0) is 19.1 Å². The van der Waals surface area contributed by atoms with Crippen molar-refractivity contribution in [3.63, 3.8) is 0 Å². The molecule has 2 atom stereocenters. The molecule has 112 valence electrons. The van der Waals surface area contributed by atoms with Gasteiger partial charge in [0, 0.05) is 26.6 Å². The van der Waals surface area contributed by atoms with Gasteiger partial charge in [0.25, 0.3) is 0 Å². The van der Waals surface area contributed by atoms with Crippen molar-refractivity contribution in [2.24, 2.45) is 0 Å². The molecule has 2 aliphatic rings. The lowest BCUT2D eigenvalue weighted by Gasteiger charge is -2.33. The molecule has 7 nitrogen and oxygen atoms in total. The highest BCUT2D eigenvalue weighted by molar-refractivity contribution is 6.00. The summed E-state index contributed by atoms with van der Waals surface area (Å²) in [4.78, 5) is 38.5. The van der Waals surface area contributed by atoms with Gasteiger partial charge in [0.15, 0.2) is 0 Å². The smallest absolute Gasteiger partial charge is 0.246 e. The van der Waals surface area contributed by atoms with Crippen LogP contribution < -0.4 is 5.32 Å². The van der Waals surface area contributed by atoms with E-state index in [2.05, 4.69) is 5.32 Å². The lowest BCUT2D eigenvalue weighted by atomic mass is 10.0. The Kier molecular flexibility index (Phi) is 4.72. The van der Waals surface area contributed by atoms with Gasteiger partial charge in [-0.15, -0.1) is 0 Å². The van der Waals surface area contributed by atoms with Gasteiger partial charge in [0.2, 0.25) is 17.7 Å². The van der Waals surface area contributed by atoms with E-state index in [4.69, 9.17) is 4.74 Å². The lowest BCUT2D eigenvalue weighted by molar-refractivity contribution is -0.148. The maximum absolute atomic E-state index is 12.2. The lowest BCUT2D eigenvalue weighted by Crippen LogP contribution is -2.57. The Labute approximate surface area is 118 Å². The number of rotatable bonds is 3. The Morgan fingerprint density at radius 3 is 2.65 bits per heavy atom. The highest BCUT2D eigenvalue weighted by atomic mass is 16.5. The van der Waals surface area contributed by atoms with Gasteiger partial charge in [0.05, 0.1) is 25.3 Å². The van der Waals surface area contributed by atoms with E-state index in [9.17, 15) is 14.4 Å². The molecule has 3 amide bonds. The molecule has 0 aliphatic carbocycles. The Morgan fingerprint density at radius 2 is 2.00 bits per heavy atom. The van der Waals surface area contributed by atoms with Gasteiger partial charge < -0.3 is 9.64 Å². The van der Waals surface area contributed by atoms with Crippen LogP contribution in [0.25, 0.3) is 0 Å². The normalized spacial score (nSPS) is 25.8. The van der Waals surface area contributed by atoms with E-state index in [1.807, 2.05) is 0 Å². The molecule has 2 aliphatic heterocycles. The summed E-state index contributed by atoms with van der Waals surface area (Å²) >= 11 is 0. The number of piperidine rings is 1. The maximum atomic E-state index is 12.2. The van der Waals surface area contributed by atoms with Crippen molar-refractivity contribution in [2.75, 3.05) is 33.4 Å². The minimum absolute atomic E-state index is 0.0272. The molecule has 0 radical (unpaired) electrons. The van der Waals surface area contributed by atoms with Gasteiger partial charge in [-0.2, -0.15) is 0 Å². The maximum Gasteiger partial charge on any atom is 0.246 e. The van der Waals surface area contributed by atoms with Crippen LogP contribution in [0.1, 0.15) is 19.8 Å². The molecule has 0 aromatic heterocycles. The van der Waals surface area contributed by atoms with Crippen LogP contribution in [0.3, 0.4) is 0 Å². The highest BCUT2D eigenvalue weighted by Crippen LogP contribution is 2.12. The van der Waals surface area contributed by atoms with Gasteiger partial charge in [-0.05, 0) is 13.3 Å². The SMILES string of the molecule is CC(NC1CCC(=O)N(C)C1=O)C(=O)N1CCOCC1. The summed E-state index contributed by atoms with van der Waals surface area (Å²) in [6, 6.07) is -0.902. The van der Waals surface area contributed by atoms with Crippen LogP contribution in [0.15, 0.2) is 0 Å². The molecular formula is C13H21N3O4. The molecule has 2 saturated heterocycles. The zero-order valence-electron chi connectivity index (χ0n) is 11.9. The summed E-state index contributed by atoms with van der Waals surface area (Å²) in [7, 11) is 1.48. The Hall–Kier alpha value is -1.47. The number of hydrogen-bond donors (Lipinski definition) is 1. The van der Waals surface area contributed by atoms with E-state index < -0.39 is 12.1 Å². The van der Waals surface area contributed by atoms with E-state index in [-0.39, 0.29) is 17.7 Å². The van der Waals surface area contributed by atoms with Gasteiger partial charge in [-0.3, -0.25) is 24.6 Å². The molecular weight excluding hydrogens is 262 g/mol. The zero-order valence-corrected chi connectivity index (χ0v) is 11.9. The predicted molar refractivity (Wildman–Crippen MR) is 70.8 cm³/mol. The van der Waals surface area contributed by atoms with E-state index in [1.54, 1.807) is 11.8 Å². The number of carbonyl (C=O) groups excluding carboxylic acids is 3. The van der Waals surface area contributed by atoms with E-state index >= 15 is 0 Å². The number of ether oxygens (including phenoxy) is 1. The Bertz CT molecular complexity index is 406.